The van der Waals surface area contributed by atoms with Crippen LogP contribution in [0.3, 0.4) is 0 Å². The molecule has 0 atom stereocenters. The van der Waals surface area contributed by atoms with E-state index in [-0.39, 0.29) is 12.5 Å². The Hall–Kier alpha value is -2.49. The molecule has 0 saturated carbocycles. The van der Waals surface area contributed by atoms with Gasteiger partial charge in [0, 0.05) is 18.8 Å². The number of carbonyl (C=O) groups is 1. The van der Waals surface area contributed by atoms with Crippen LogP contribution < -0.4 is 10.5 Å². The summed E-state index contributed by atoms with van der Waals surface area (Å²) in [7, 11) is 0. The number of benzene rings is 2. The van der Waals surface area contributed by atoms with Gasteiger partial charge in [-0.2, -0.15) is 0 Å². The lowest BCUT2D eigenvalue weighted by Gasteiger charge is -2.15. The van der Waals surface area contributed by atoms with Gasteiger partial charge in [-0.3, -0.25) is 4.79 Å². The molecule has 1 aliphatic heterocycles. The van der Waals surface area contributed by atoms with Crippen molar-refractivity contribution in [3.8, 4) is 5.75 Å². The van der Waals surface area contributed by atoms with E-state index in [0.717, 1.165) is 0 Å². The van der Waals surface area contributed by atoms with Crippen molar-refractivity contribution < 1.29 is 9.53 Å². The monoisotopic (exact) mass is 268 g/mol. The average molecular weight is 268 g/mol. The van der Waals surface area contributed by atoms with Gasteiger partial charge in [0.2, 0.25) is 0 Å². The molecule has 2 N–H and O–H groups in total. The van der Waals surface area contributed by atoms with E-state index in [2.05, 4.69) is 12.1 Å². The first-order chi connectivity index (χ1) is 9.72. The number of hydrogen-bond acceptors (Lipinski definition) is 3. The van der Waals surface area contributed by atoms with Crippen LogP contribution in [-0.2, 0) is 17.9 Å². The highest BCUT2D eigenvalue weighted by molar-refractivity contribution is 5.78. The molecule has 0 aliphatic carbocycles. The van der Waals surface area contributed by atoms with E-state index < -0.39 is 0 Å². The Balaban J connectivity index is 1.57. The number of fused-ring (bicyclic) bond motifs is 1. The van der Waals surface area contributed by atoms with E-state index in [1.165, 1.54) is 11.1 Å². The van der Waals surface area contributed by atoms with Crippen LogP contribution in [0.15, 0.2) is 48.5 Å². The largest absolute Gasteiger partial charge is 0.484 e. The fraction of sp³-hybridized carbons (Fsp3) is 0.188. The Bertz CT molecular complexity index is 598. The van der Waals surface area contributed by atoms with Crippen molar-refractivity contribution in [3.63, 3.8) is 0 Å². The maximum absolute atomic E-state index is 12.1. The molecule has 0 bridgehead atoms. The SMILES string of the molecule is Nc1ccc(OCC(=O)N2Cc3ccccc3C2)cc1. The fourth-order valence-corrected chi connectivity index (χ4v) is 2.31. The van der Waals surface area contributed by atoms with Crippen LogP contribution in [0.2, 0.25) is 0 Å². The summed E-state index contributed by atoms with van der Waals surface area (Å²) in [5, 5.41) is 0. The predicted octanol–water partition coefficient (Wildman–Crippen LogP) is 2.19. The third-order valence-corrected chi connectivity index (χ3v) is 3.44. The van der Waals surface area contributed by atoms with E-state index in [0.29, 0.717) is 24.5 Å². The molecular formula is C16H16N2O2. The van der Waals surface area contributed by atoms with Gasteiger partial charge in [-0.1, -0.05) is 24.3 Å². The summed E-state index contributed by atoms with van der Waals surface area (Å²) in [5.74, 6) is 0.655. The smallest absolute Gasteiger partial charge is 0.261 e. The fourth-order valence-electron chi connectivity index (χ4n) is 2.31. The summed E-state index contributed by atoms with van der Waals surface area (Å²) in [6, 6.07) is 15.2. The Morgan fingerprint density at radius 3 is 2.25 bits per heavy atom. The quantitative estimate of drug-likeness (QED) is 0.868. The molecule has 0 fully saturated rings. The lowest BCUT2D eigenvalue weighted by molar-refractivity contribution is -0.134. The summed E-state index contributed by atoms with van der Waals surface area (Å²) in [6.07, 6.45) is 0. The molecule has 20 heavy (non-hydrogen) atoms. The van der Waals surface area contributed by atoms with Crippen molar-refractivity contribution in [2.75, 3.05) is 12.3 Å². The van der Waals surface area contributed by atoms with Crippen LogP contribution >= 0.6 is 0 Å². The molecule has 1 aliphatic rings. The number of hydrogen-bond donors (Lipinski definition) is 1. The Morgan fingerprint density at radius 2 is 1.65 bits per heavy atom. The van der Waals surface area contributed by atoms with Crippen LogP contribution in [0.4, 0.5) is 5.69 Å². The number of nitrogens with two attached hydrogens (primary N) is 1. The van der Waals surface area contributed by atoms with Crippen LogP contribution in [0.25, 0.3) is 0 Å². The predicted molar refractivity (Wildman–Crippen MR) is 77.0 cm³/mol. The van der Waals surface area contributed by atoms with Crippen molar-refractivity contribution in [2.24, 2.45) is 0 Å². The minimum atomic E-state index is -0.00183. The Morgan fingerprint density at radius 1 is 1.05 bits per heavy atom. The van der Waals surface area contributed by atoms with Gasteiger partial charge in [-0.05, 0) is 35.4 Å². The maximum atomic E-state index is 12.1. The highest BCUT2D eigenvalue weighted by atomic mass is 16.5. The minimum absolute atomic E-state index is 0.00183. The van der Waals surface area contributed by atoms with E-state index in [9.17, 15) is 4.79 Å². The topological polar surface area (TPSA) is 55.6 Å². The van der Waals surface area contributed by atoms with E-state index in [1.807, 2.05) is 17.0 Å². The molecule has 2 aromatic rings. The van der Waals surface area contributed by atoms with Crippen LogP contribution in [0.1, 0.15) is 11.1 Å². The number of carbonyl (C=O) groups excluding carboxylic acids is 1. The van der Waals surface area contributed by atoms with E-state index in [4.69, 9.17) is 10.5 Å². The standard InChI is InChI=1S/C16H16N2O2/c17-14-5-7-15(8-6-14)20-11-16(19)18-9-12-3-1-2-4-13(12)10-18/h1-8H,9-11,17H2. The summed E-state index contributed by atoms with van der Waals surface area (Å²) in [6.45, 7) is 1.39. The van der Waals surface area contributed by atoms with Crippen LogP contribution in [0.5, 0.6) is 5.75 Å². The third-order valence-electron chi connectivity index (χ3n) is 3.44. The van der Waals surface area contributed by atoms with Crippen LogP contribution in [-0.4, -0.2) is 17.4 Å². The molecular weight excluding hydrogens is 252 g/mol. The molecule has 3 rings (SSSR count). The van der Waals surface area contributed by atoms with Crippen molar-refractivity contribution in [1.82, 2.24) is 4.90 Å². The zero-order valence-corrected chi connectivity index (χ0v) is 11.1. The van der Waals surface area contributed by atoms with Crippen molar-refractivity contribution in [2.45, 2.75) is 13.1 Å². The molecule has 4 nitrogen and oxygen atoms in total. The van der Waals surface area contributed by atoms with Gasteiger partial charge < -0.3 is 15.4 Å². The van der Waals surface area contributed by atoms with Gasteiger partial charge in [0.15, 0.2) is 6.61 Å². The van der Waals surface area contributed by atoms with Gasteiger partial charge in [-0.15, -0.1) is 0 Å². The number of rotatable bonds is 3. The van der Waals surface area contributed by atoms with Crippen molar-refractivity contribution in [3.05, 3.63) is 59.7 Å². The van der Waals surface area contributed by atoms with E-state index in [1.54, 1.807) is 24.3 Å². The Labute approximate surface area is 117 Å². The zero-order valence-electron chi connectivity index (χ0n) is 11.1. The van der Waals surface area contributed by atoms with Gasteiger partial charge >= 0.3 is 0 Å². The molecule has 2 aromatic carbocycles. The second-order valence-corrected chi connectivity index (χ2v) is 4.88. The van der Waals surface area contributed by atoms with Crippen molar-refractivity contribution in [1.29, 1.82) is 0 Å². The van der Waals surface area contributed by atoms with Gasteiger partial charge in [-0.25, -0.2) is 0 Å². The number of nitrogens with zero attached hydrogens (tertiary/aromatic N) is 1. The summed E-state index contributed by atoms with van der Waals surface area (Å²) in [4.78, 5) is 13.9. The first kappa shape index (κ1) is 12.5. The van der Waals surface area contributed by atoms with E-state index >= 15 is 0 Å². The third kappa shape index (κ3) is 2.59. The molecule has 4 heteroatoms. The normalized spacial score (nSPS) is 13.1. The molecule has 1 amide bonds. The second-order valence-electron chi connectivity index (χ2n) is 4.88. The van der Waals surface area contributed by atoms with Gasteiger partial charge in [0.25, 0.3) is 5.91 Å². The summed E-state index contributed by atoms with van der Waals surface area (Å²) >= 11 is 0. The maximum Gasteiger partial charge on any atom is 0.261 e. The molecule has 0 saturated heterocycles. The number of anilines is 1. The van der Waals surface area contributed by atoms with Crippen molar-refractivity contribution >= 4 is 11.6 Å². The average Bonchev–Trinajstić information content (AvgIpc) is 2.90. The highest BCUT2D eigenvalue weighted by Gasteiger charge is 2.22. The number of amides is 1. The van der Waals surface area contributed by atoms with Crippen LogP contribution in [0, 0.1) is 0 Å². The molecule has 0 radical (unpaired) electrons. The zero-order chi connectivity index (χ0) is 13.9. The lowest BCUT2D eigenvalue weighted by Crippen LogP contribution is -2.30. The first-order valence-electron chi connectivity index (χ1n) is 6.55. The number of ether oxygens (including phenoxy) is 1. The molecule has 102 valence electrons. The minimum Gasteiger partial charge on any atom is -0.484 e. The first-order valence-corrected chi connectivity index (χ1v) is 6.55. The number of nitrogen functional groups attached to an aromatic ring is 1. The van der Waals surface area contributed by atoms with Gasteiger partial charge in [0.1, 0.15) is 5.75 Å². The molecule has 0 aromatic heterocycles. The molecule has 1 heterocycles. The molecule has 0 spiro atoms. The second kappa shape index (κ2) is 5.25. The summed E-state index contributed by atoms with van der Waals surface area (Å²) in [5.41, 5.74) is 8.71. The Kier molecular flexibility index (Phi) is 3.29. The molecule has 0 unspecified atom stereocenters. The summed E-state index contributed by atoms with van der Waals surface area (Å²) < 4.78 is 5.49. The van der Waals surface area contributed by atoms with Gasteiger partial charge in [0.05, 0.1) is 0 Å². The lowest BCUT2D eigenvalue weighted by atomic mass is 10.1. The highest BCUT2D eigenvalue weighted by Crippen LogP contribution is 2.22.